The molecule has 1 N–H and O–H groups in total. The Kier molecular flexibility index (Phi) is 4.52. The zero-order valence-corrected chi connectivity index (χ0v) is 16.1. The van der Waals surface area contributed by atoms with Crippen molar-refractivity contribution in [2.45, 2.75) is 102 Å². The van der Waals surface area contributed by atoms with Crippen molar-refractivity contribution in [3.63, 3.8) is 0 Å². The lowest BCUT2D eigenvalue weighted by Crippen LogP contribution is -2.59. The van der Waals surface area contributed by atoms with Gasteiger partial charge >= 0.3 is 0 Å². The summed E-state index contributed by atoms with van der Waals surface area (Å²) in [4.78, 5) is 5.21. The van der Waals surface area contributed by atoms with Crippen LogP contribution in [-0.4, -0.2) is 17.8 Å². The van der Waals surface area contributed by atoms with Crippen molar-refractivity contribution >= 4 is 5.71 Å². The molecule has 5 aliphatic rings. The molecule has 138 valence electrons. The predicted molar refractivity (Wildman–Crippen MR) is 105 cm³/mol. The van der Waals surface area contributed by atoms with Gasteiger partial charge in [-0.25, -0.2) is 0 Å². The van der Waals surface area contributed by atoms with Crippen LogP contribution in [0.2, 0.25) is 0 Å². The Bertz CT molecular complexity index is 575. The second-order valence-corrected chi connectivity index (χ2v) is 9.76. The largest absolute Gasteiger partial charge is 0.306 e. The van der Waals surface area contributed by atoms with Gasteiger partial charge in [0.05, 0.1) is 0 Å². The fraction of sp³-hybridized carbons (Fsp3) is 0.870. The molecule has 3 aliphatic carbocycles. The molecule has 0 spiro atoms. The van der Waals surface area contributed by atoms with Gasteiger partial charge in [0.1, 0.15) is 0 Å². The zero-order chi connectivity index (χ0) is 16.8. The van der Waals surface area contributed by atoms with Crippen LogP contribution in [0, 0.1) is 23.7 Å². The van der Waals surface area contributed by atoms with E-state index < -0.39 is 0 Å². The second kappa shape index (κ2) is 6.83. The maximum Gasteiger partial charge on any atom is 0.0460 e. The van der Waals surface area contributed by atoms with Crippen molar-refractivity contribution in [1.82, 2.24) is 5.32 Å². The van der Waals surface area contributed by atoms with Gasteiger partial charge < -0.3 is 5.32 Å². The Labute approximate surface area is 153 Å². The van der Waals surface area contributed by atoms with Crippen LogP contribution in [0.5, 0.6) is 0 Å². The maximum absolute atomic E-state index is 5.21. The fourth-order valence-electron chi connectivity index (χ4n) is 7.20. The first-order valence-electron chi connectivity index (χ1n) is 11.3. The summed E-state index contributed by atoms with van der Waals surface area (Å²) >= 11 is 0. The highest BCUT2D eigenvalue weighted by atomic mass is 15.0. The van der Waals surface area contributed by atoms with E-state index in [4.69, 9.17) is 4.99 Å². The lowest BCUT2D eigenvalue weighted by molar-refractivity contribution is 0.0137. The van der Waals surface area contributed by atoms with Gasteiger partial charge in [0, 0.05) is 23.5 Å². The van der Waals surface area contributed by atoms with E-state index >= 15 is 0 Å². The molecule has 2 aliphatic heterocycles. The predicted octanol–water partition coefficient (Wildman–Crippen LogP) is 5.63. The molecule has 2 nitrogen and oxygen atoms in total. The van der Waals surface area contributed by atoms with E-state index in [1.807, 2.05) is 0 Å². The van der Waals surface area contributed by atoms with Crippen LogP contribution in [-0.2, 0) is 0 Å². The first kappa shape index (κ1) is 16.5. The molecular weight excluding hydrogens is 304 g/mol. The van der Waals surface area contributed by atoms with Gasteiger partial charge in [0.25, 0.3) is 0 Å². The molecule has 2 heterocycles. The van der Waals surface area contributed by atoms with Gasteiger partial charge in [-0.05, 0) is 93.5 Å². The molecule has 2 saturated carbocycles. The van der Waals surface area contributed by atoms with E-state index in [0.29, 0.717) is 6.04 Å². The Hall–Kier alpha value is -0.630. The van der Waals surface area contributed by atoms with E-state index in [-0.39, 0.29) is 0 Å². The van der Waals surface area contributed by atoms with Crippen LogP contribution in [0.3, 0.4) is 0 Å². The standard InChI is InChI=1S/C23H36N2/c1-15-14-22(20-12-11-17-7-3-5-9-19(17)24-20)25-21-13-10-16-6-2-4-8-18(16)23(15)21/h15-16,18,21-23,25H,2-14H2,1H3. The molecule has 0 radical (unpaired) electrons. The highest BCUT2D eigenvalue weighted by Gasteiger charge is 2.46. The Morgan fingerprint density at radius 1 is 0.880 bits per heavy atom. The van der Waals surface area contributed by atoms with E-state index in [1.54, 1.807) is 5.57 Å². The van der Waals surface area contributed by atoms with Crippen LogP contribution in [0.4, 0.5) is 0 Å². The number of hydrogen-bond acceptors (Lipinski definition) is 2. The SMILES string of the molecule is CC1CC(C2=NC3=C(CCCC3)CC2)NC2CCC3CCCCC3C12. The number of fused-ring (bicyclic) bond motifs is 3. The van der Waals surface area contributed by atoms with E-state index in [0.717, 1.165) is 29.7 Å². The normalized spacial score (nSPS) is 44.4. The molecule has 0 aromatic heterocycles. The van der Waals surface area contributed by atoms with Crippen molar-refractivity contribution in [3.8, 4) is 0 Å². The molecule has 2 heteroatoms. The first-order chi connectivity index (χ1) is 12.3. The number of aliphatic imine (C=N–C) groups is 1. The van der Waals surface area contributed by atoms with Crippen LogP contribution in [0.25, 0.3) is 0 Å². The number of piperidine rings is 1. The molecule has 25 heavy (non-hydrogen) atoms. The molecule has 1 saturated heterocycles. The third-order valence-electron chi connectivity index (χ3n) is 8.37. The van der Waals surface area contributed by atoms with Gasteiger partial charge in [-0.2, -0.15) is 0 Å². The number of nitrogens with zero attached hydrogens (tertiary/aromatic N) is 1. The van der Waals surface area contributed by atoms with Gasteiger partial charge in [0.2, 0.25) is 0 Å². The van der Waals surface area contributed by atoms with Gasteiger partial charge in [-0.1, -0.05) is 26.2 Å². The summed E-state index contributed by atoms with van der Waals surface area (Å²) in [5, 5.41) is 4.13. The van der Waals surface area contributed by atoms with Crippen LogP contribution >= 0.6 is 0 Å². The molecule has 0 amide bonds. The quantitative estimate of drug-likeness (QED) is 0.657. The highest BCUT2D eigenvalue weighted by molar-refractivity contribution is 5.91. The van der Waals surface area contributed by atoms with Crippen molar-refractivity contribution in [2.24, 2.45) is 28.7 Å². The van der Waals surface area contributed by atoms with Crippen LogP contribution < -0.4 is 5.32 Å². The summed E-state index contributed by atoms with van der Waals surface area (Å²) in [5.41, 5.74) is 4.69. The first-order valence-corrected chi connectivity index (χ1v) is 11.3. The summed E-state index contributed by atoms with van der Waals surface area (Å²) in [6.07, 6.45) is 18.1. The number of hydrogen-bond donors (Lipinski definition) is 1. The summed E-state index contributed by atoms with van der Waals surface area (Å²) in [7, 11) is 0. The fourth-order valence-corrected chi connectivity index (χ4v) is 7.20. The average molecular weight is 341 g/mol. The maximum atomic E-state index is 5.21. The molecule has 0 aromatic carbocycles. The van der Waals surface area contributed by atoms with Crippen LogP contribution in [0.1, 0.15) is 90.4 Å². The monoisotopic (exact) mass is 340 g/mol. The van der Waals surface area contributed by atoms with Gasteiger partial charge in [-0.3, -0.25) is 4.99 Å². The molecule has 6 atom stereocenters. The Balaban J connectivity index is 1.33. The Morgan fingerprint density at radius 3 is 2.72 bits per heavy atom. The zero-order valence-electron chi connectivity index (χ0n) is 16.1. The molecule has 3 fully saturated rings. The smallest absolute Gasteiger partial charge is 0.0460 e. The van der Waals surface area contributed by atoms with Crippen molar-refractivity contribution in [1.29, 1.82) is 0 Å². The molecule has 6 unspecified atom stereocenters. The third kappa shape index (κ3) is 3.03. The van der Waals surface area contributed by atoms with Crippen molar-refractivity contribution in [3.05, 3.63) is 11.3 Å². The summed E-state index contributed by atoms with van der Waals surface area (Å²) in [6.45, 7) is 2.57. The number of rotatable bonds is 1. The summed E-state index contributed by atoms with van der Waals surface area (Å²) in [6, 6.07) is 1.35. The number of nitrogens with one attached hydrogen (secondary N) is 1. The van der Waals surface area contributed by atoms with Crippen LogP contribution in [0.15, 0.2) is 16.3 Å². The molecule has 5 rings (SSSR count). The summed E-state index contributed by atoms with van der Waals surface area (Å²) < 4.78 is 0. The second-order valence-electron chi connectivity index (χ2n) is 9.76. The minimum Gasteiger partial charge on any atom is -0.306 e. The molecule has 0 bridgehead atoms. The lowest BCUT2D eigenvalue weighted by atomic mass is 9.58. The lowest BCUT2D eigenvalue weighted by Gasteiger charge is -2.53. The molecule has 0 aromatic rings. The van der Waals surface area contributed by atoms with Crippen molar-refractivity contribution < 1.29 is 0 Å². The highest BCUT2D eigenvalue weighted by Crippen LogP contribution is 2.49. The van der Waals surface area contributed by atoms with E-state index in [1.165, 1.54) is 94.9 Å². The summed E-state index contributed by atoms with van der Waals surface area (Å²) in [5.74, 6) is 3.91. The van der Waals surface area contributed by atoms with E-state index in [2.05, 4.69) is 12.2 Å². The van der Waals surface area contributed by atoms with E-state index in [9.17, 15) is 0 Å². The third-order valence-corrected chi connectivity index (χ3v) is 8.37. The average Bonchev–Trinajstić information content (AvgIpc) is 2.67. The topological polar surface area (TPSA) is 24.4 Å². The minimum atomic E-state index is 0.576. The van der Waals surface area contributed by atoms with Gasteiger partial charge in [0.15, 0.2) is 0 Å². The minimum absolute atomic E-state index is 0.576. The van der Waals surface area contributed by atoms with Crippen molar-refractivity contribution in [2.75, 3.05) is 0 Å². The Morgan fingerprint density at radius 2 is 1.76 bits per heavy atom. The number of allylic oxidation sites excluding steroid dienone is 2. The van der Waals surface area contributed by atoms with Gasteiger partial charge in [-0.15, -0.1) is 0 Å². The molecular formula is C23H36N2.